The highest BCUT2D eigenvalue weighted by atomic mass is 32.1. The number of nitrogens with one attached hydrogen (secondary N) is 3. The third-order valence-electron chi connectivity index (χ3n) is 10.7. The number of thiazole rings is 1. The topological polar surface area (TPSA) is 115 Å². The summed E-state index contributed by atoms with van der Waals surface area (Å²) in [6.07, 6.45) is 21.6. The number of H-pyrrole nitrogens is 1. The van der Waals surface area contributed by atoms with Crippen LogP contribution in [0.5, 0.6) is 0 Å². The second-order valence-electron chi connectivity index (χ2n) is 28.4. The SMILES string of the molecule is C1CCNC1.CC(C)(C)C.CC(C)(C)N1CCCCC1.CC(C)(C)N1CCOCC1.CC(C)(C)c1ncc[nH]1.CC(C)(C)c1nccs1.CC(C)(C)n1ccnc1.CC(C)C.CC(C)C.CN1CCNCC1.c1ccncc1. The first kappa shape index (κ1) is 79.2. The second-order valence-corrected chi connectivity index (χ2v) is 29.3. The Balaban J connectivity index is -0.000000804. The van der Waals surface area contributed by atoms with E-state index in [1.54, 1.807) is 36.1 Å². The highest BCUT2D eigenvalue weighted by Crippen LogP contribution is 2.23. The summed E-state index contributed by atoms with van der Waals surface area (Å²) in [5, 5.41) is 9.72. The van der Waals surface area contributed by atoms with Crippen molar-refractivity contribution in [3.05, 3.63) is 84.1 Å². The number of likely N-dealkylation sites (N-methyl/N-ethyl adjacent to an activating group) is 1. The molecule has 0 aromatic carbocycles. The first-order chi connectivity index (χ1) is 35.9. The lowest BCUT2D eigenvalue weighted by molar-refractivity contribution is -0.00389. The van der Waals surface area contributed by atoms with E-state index in [9.17, 15) is 0 Å². The van der Waals surface area contributed by atoms with Crippen molar-refractivity contribution in [1.82, 2.24) is 54.8 Å². The molecule has 4 aromatic rings. The van der Waals surface area contributed by atoms with Crippen LogP contribution in [0.15, 0.2) is 73.3 Å². The van der Waals surface area contributed by atoms with Crippen molar-refractivity contribution in [3.8, 4) is 0 Å². The number of likely N-dealkylation sites (tertiary alicyclic amines) is 1. The number of piperazine rings is 1. The van der Waals surface area contributed by atoms with Crippen molar-refractivity contribution < 1.29 is 4.74 Å². The molecule has 4 aliphatic heterocycles. The molecule has 8 rings (SSSR count). The third kappa shape index (κ3) is 54.9. The molecule has 4 aromatic heterocycles. The van der Waals surface area contributed by atoms with Crippen molar-refractivity contribution in [2.75, 3.05) is 85.7 Å². The lowest BCUT2D eigenvalue weighted by Crippen LogP contribution is -2.47. The molecule has 0 bridgehead atoms. The Hall–Kier alpha value is -3.04. The zero-order valence-electron chi connectivity index (χ0n) is 56.0. The van der Waals surface area contributed by atoms with E-state index in [2.05, 4.69) is 235 Å². The quantitative estimate of drug-likeness (QED) is 0.157. The summed E-state index contributed by atoms with van der Waals surface area (Å²) in [7, 11) is 2.15. The van der Waals surface area contributed by atoms with Crippen LogP contribution in [-0.2, 0) is 21.1 Å². The van der Waals surface area contributed by atoms with Gasteiger partial charge in [-0.25, -0.2) is 15.0 Å². The number of pyridine rings is 1. The summed E-state index contributed by atoms with van der Waals surface area (Å²) >= 11 is 1.72. The number of rotatable bonds is 0. The molecule has 456 valence electrons. The number of imidazole rings is 2. The Morgan fingerprint density at radius 1 is 0.500 bits per heavy atom. The van der Waals surface area contributed by atoms with Crippen LogP contribution in [0.3, 0.4) is 0 Å². The van der Waals surface area contributed by atoms with E-state index in [-0.39, 0.29) is 16.4 Å². The molecule has 0 unspecified atom stereocenters. The molecule has 4 aliphatic rings. The third-order valence-corrected chi connectivity index (χ3v) is 11.9. The molecule has 8 heterocycles. The van der Waals surface area contributed by atoms with Crippen LogP contribution < -0.4 is 10.6 Å². The van der Waals surface area contributed by atoms with E-state index >= 15 is 0 Å². The fraction of sp³-hybridized carbons (Fsp3) is 0.785. The van der Waals surface area contributed by atoms with Gasteiger partial charge in [-0.15, -0.1) is 11.3 Å². The Kier molecular flexibility index (Phi) is 44.3. The van der Waals surface area contributed by atoms with Gasteiger partial charge in [0.15, 0.2) is 0 Å². The number of hydrogen-bond acceptors (Lipinski definition) is 11. The first-order valence-electron chi connectivity index (χ1n) is 29.8. The van der Waals surface area contributed by atoms with Gasteiger partial charge in [-0.3, -0.25) is 14.8 Å². The van der Waals surface area contributed by atoms with Crippen molar-refractivity contribution in [3.63, 3.8) is 0 Å². The number of morpholine rings is 1. The highest BCUT2D eigenvalue weighted by Gasteiger charge is 2.23. The Morgan fingerprint density at radius 2 is 0.962 bits per heavy atom. The average molecular weight is 1110 g/mol. The second kappa shape index (κ2) is 43.7. The van der Waals surface area contributed by atoms with Gasteiger partial charge in [0.25, 0.3) is 0 Å². The van der Waals surface area contributed by atoms with Crippen LogP contribution in [0.2, 0.25) is 0 Å². The van der Waals surface area contributed by atoms with E-state index in [4.69, 9.17) is 4.74 Å². The predicted molar refractivity (Wildman–Crippen MR) is 346 cm³/mol. The highest BCUT2D eigenvalue weighted by molar-refractivity contribution is 7.09. The van der Waals surface area contributed by atoms with Crippen molar-refractivity contribution >= 4 is 11.3 Å². The Morgan fingerprint density at radius 3 is 1.17 bits per heavy atom. The van der Waals surface area contributed by atoms with E-state index in [1.807, 2.05) is 48.5 Å². The summed E-state index contributed by atoms with van der Waals surface area (Å²) in [6, 6.07) is 5.72. The van der Waals surface area contributed by atoms with Crippen LogP contribution in [0.4, 0.5) is 0 Å². The normalized spacial score (nSPS) is 16.2. The molecule has 78 heavy (non-hydrogen) atoms. The predicted octanol–water partition coefficient (Wildman–Crippen LogP) is 15.5. The van der Waals surface area contributed by atoms with Gasteiger partial charge in [0, 0.05) is 115 Å². The van der Waals surface area contributed by atoms with E-state index in [0.29, 0.717) is 16.5 Å². The molecular formula is C65H129N11OS. The van der Waals surface area contributed by atoms with Gasteiger partial charge in [0.2, 0.25) is 0 Å². The monoisotopic (exact) mass is 1110 g/mol. The number of aromatic amines is 1. The molecule has 0 atom stereocenters. The summed E-state index contributed by atoms with van der Waals surface area (Å²) in [5.74, 6) is 2.71. The van der Waals surface area contributed by atoms with Crippen LogP contribution in [0, 0.1) is 17.3 Å². The average Bonchev–Trinajstić information content (AvgIpc) is 4.19. The van der Waals surface area contributed by atoms with Gasteiger partial charge in [-0.2, -0.15) is 0 Å². The van der Waals surface area contributed by atoms with E-state index in [0.717, 1.165) is 57.1 Å². The molecule has 0 amide bonds. The molecule has 3 N–H and O–H groups in total. The minimum atomic E-state index is 0.156. The number of ether oxygens (including phenoxy) is 1. The largest absolute Gasteiger partial charge is 0.379 e. The number of nitrogens with zero attached hydrogens (tertiary/aromatic N) is 8. The van der Waals surface area contributed by atoms with Gasteiger partial charge < -0.3 is 29.8 Å². The zero-order chi connectivity index (χ0) is 60.5. The standard InChI is InChI=1S/C9H19N.C8H17NO.2C7H12N2.C7H11NS.C5H12N2.C5H5N.C5H12.C4H9N.2C4H10/c1-9(2,3)10-7-5-4-6-8-10;1-8(2,3)9-4-6-10-7-5-9;1-7(2,3)9-5-4-8-6-9;2*1-7(2,3)6-8-4-5-9-6;1-7-4-2-6-3-5-7;1-2-4-6-5-3-1;1-5(2,3)4;1-2-4-5-3-1;2*1-4(2)3/h4-8H2,1-3H3;4-7H2,1-3H3;4-6H,1-3H3;4-5H,1-3H3,(H,8,9);4-5H,1-3H3;6H,2-5H2,1H3;1-5H;1-4H3;5H,1-4H2;2*4H,1-3H3. The minimum absolute atomic E-state index is 0.156. The molecule has 0 aliphatic carbocycles. The lowest BCUT2D eigenvalue weighted by Gasteiger charge is -2.38. The molecule has 4 saturated heterocycles. The summed E-state index contributed by atoms with van der Waals surface area (Å²) in [5.41, 5.74) is 1.79. The number of aromatic nitrogens is 6. The van der Waals surface area contributed by atoms with Gasteiger partial charge in [0.05, 0.1) is 24.5 Å². The van der Waals surface area contributed by atoms with Crippen molar-refractivity contribution in [2.45, 2.75) is 233 Å². The number of hydrogen-bond donors (Lipinski definition) is 3. The van der Waals surface area contributed by atoms with Gasteiger partial charge in [-0.1, -0.05) is 123 Å². The molecule has 0 spiro atoms. The van der Waals surface area contributed by atoms with Gasteiger partial charge >= 0.3 is 0 Å². The van der Waals surface area contributed by atoms with E-state index in [1.165, 1.54) is 76.4 Å². The maximum absolute atomic E-state index is 5.25. The Labute approximate surface area is 488 Å². The molecule has 12 nitrogen and oxygen atoms in total. The van der Waals surface area contributed by atoms with Crippen LogP contribution >= 0.6 is 11.3 Å². The number of piperidine rings is 1. The van der Waals surface area contributed by atoms with Crippen LogP contribution in [0.1, 0.15) is 216 Å². The summed E-state index contributed by atoms with van der Waals surface area (Å²) in [6.45, 7) is 68.6. The molecule has 0 radical (unpaired) electrons. The van der Waals surface area contributed by atoms with Crippen molar-refractivity contribution in [1.29, 1.82) is 0 Å². The van der Waals surface area contributed by atoms with E-state index < -0.39 is 0 Å². The molecule has 13 heteroatoms. The minimum Gasteiger partial charge on any atom is -0.379 e. The summed E-state index contributed by atoms with van der Waals surface area (Å²) in [4.78, 5) is 26.5. The maximum Gasteiger partial charge on any atom is 0.111 e. The summed E-state index contributed by atoms with van der Waals surface area (Å²) < 4.78 is 7.33. The molecule has 0 saturated carbocycles. The van der Waals surface area contributed by atoms with Crippen LogP contribution in [-0.4, -0.2) is 141 Å². The molecular weight excluding hydrogens is 983 g/mol. The Bertz CT molecular complexity index is 1600. The van der Waals surface area contributed by atoms with Crippen molar-refractivity contribution in [2.24, 2.45) is 17.3 Å². The first-order valence-corrected chi connectivity index (χ1v) is 30.7. The maximum atomic E-state index is 5.25. The van der Waals surface area contributed by atoms with Crippen LogP contribution in [0.25, 0.3) is 0 Å². The lowest BCUT2D eigenvalue weighted by atomic mass is 9.96. The van der Waals surface area contributed by atoms with Gasteiger partial charge in [0.1, 0.15) is 5.82 Å². The fourth-order valence-corrected chi connectivity index (χ4v) is 7.16. The van der Waals surface area contributed by atoms with Gasteiger partial charge in [-0.05, 0) is 151 Å². The zero-order valence-corrected chi connectivity index (χ0v) is 56.8. The fourth-order valence-electron chi connectivity index (χ4n) is 6.44. The smallest absolute Gasteiger partial charge is 0.111 e. The molecule has 4 fully saturated rings.